The van der Waals surface area contributed by atoms with Crippen molar-refractivity contribution < 1.29 is 4.42 Å². The van der Waals surface area contributed by atoms with Crippen LogP contribution >= 0.6 is 0 Å². The quantitative estimate of drug-likeness (QED) is 0.212. The Labute approximate surface area is 222 Å². The number of hydrogen-bond acceptors (Lipinski definition) is 2. The molecule has 0 aliphatic carbocycles. The van der Waals surface area contributed by atoms with Crippen molar-refractivity contribution in [3.63, 3.8) is 0 Å². The largest absolute Gasteiger partial charge is 0.454 e. The van der Waals surface area contributed by atoms with E-state index >= 15 is 0 Å². The Balaban J connectivity index is 1.49. The minimum atomic E-state index is -2.58. The predicted octanol–water partition coefficient (Wildman–Crippen LogP) is 6.03. The van der Waals surface area contributed by atoms with E-state index in [0.29, 0.717) is 0 Å². The molecule has 0 N–H and O–H groups in total. The first-order chi connectivity index (χ1) is 18.8. The van der Waals surface area contributed by atoms with Gasteiger partial charge in [0, 0.05) is 11.6 Å². The van der Waals surface area contributed by atoms with E-state index in [0.717, 1.165) is 27.6 Å². The zero-order valence-corrected chi connectivity index (χ0v) is 21.8. The number of hydrogen-bond donors (Lipinski definition) is 0. The van der Waals surface area contributed by atoms with Crippen molar-refractivity contribution >= 4 is 50.9 Å². The molecule has 7 aromatic rings. The molecule has 0 fully saturated rings. The number of nitrogens with zero attached hydrogens (tertiary/aromatic N) is 1. The molecule has 0 radical (unpaired) electrons. The first kappa shape index (κ1) is 22.5. The maximum Gasteiger partial charge on any atom is 0.179 e. The van der Waals surface area contributed by atoms with Crippen LogP contribution in [0.1, 0.15) is 0 Å². The standard InChI is InChI=1S/C35H25NOSi/c1-4-13-28(14-5-1)38(29-15-6-2-7-16-29,30-17-8-3-9-18-30)31-19-10-12-26(24-31)27-21-22-33-32(25-27)35-34(37-33)20-11-23-36-35/h1-25H. The summed E-state index contributed by atoms with van der Waals surface area (Å²) < 4.78 is 6.04. The van der Waals surface area contributed by atoms with Crippen molar-refractivity contribution in [1.29, 1.82) is 0 Å². The topological polar surface area (TPSA) is 26.0 Å². The molecule has 38 heavy (non-hydrogen) atoms. The van der Waals surface area contributed by atoms with Crippen LogP contribution in [0.4, 0.5) is 0 Å². The lowest BCUT2D eigenvalue weighted by Crippen LogP contribution is -2.74. The fraction of sp³-hybridized carbons (Fsp3) is 0. The van der Waals surface area contributed by atoms with E-state index in [2.05, 4.69) is 138 Å². The van der Waals surface area contributed by atoms with Crippen molar-refractivity contribution in [2.24, 2.45) is 0 Å². The van der Waals surface area contributed by atoms with Gasteiger partial charge in [-0.25, -0.2) is 0 Å². The smallest absolute Gasteiger partial charge is 0.179 e. The Bertz CT molecular complexity index is 1760. The maximum atomic E-state index is 6.04. The molecule has 3 heteroatoms. The summed E-state index contributed by atoms with van der Waals surface area (Å²) in [5.41, 5.74) is 4.93. The van der Waals surface area contributed by atoms with Gasteiger partial charge in [0.05, 0.1) is 0 Å². The maximum absolute atomic E-state index is 6.04. The Morgan fingerprint density at radius 3 is 1.66 bits per heavy atom. The zero-order valence-electron chi connectivity index (χ0n) is 20.8. The van der Waals surface area contributed by atoms with E-state index in [1.807, 2.05) is 18.3 Å². The van der Waals surface area contributed by atoms with Crippen molar-refractivity contribution in [2.75, 3.05) is 0 Å². The lowest BCUT2D eigenvalue weighted by atomic mass is 10.0. The second kappa shape index (κ2) is 9.29. The summed E-state index contributed by atoms with van der Waals surface area (Å²) in [5, 5.41) is 6.51. The van der Waals surface area contributed by atoms with Gasteiger partial charge in [-0.15, -0.1) is 0 Å². The highest BCUT2D eigenvalue weighted by atomic mass is 28.3. The van der Waals surface area contributed by atoms with Crippen molar-refractivity contribution in [3.05, 3.63) is 152 Å². The summed E-state index contributed by atoms with van der Waals surface area (Å²) in [6.45, 7) is 0. The molecule has 0 saturated heterocycles. The highest BCUT2D eigenvalue weighted by Gasteiger charge is 2.41. The molecule has 5 aromatic carbocycles. The van der Waals surface area contributed by atoms with Gasteiger partial charge in [-0.05, 0) is 56.1 Å². The molecule has 180 valence electrons. The molecular formula is C35H25NOSi. The van der Waals surface area contributed by atoms with Crippen molar-refractivity contribution in [1.82, 2.24) is 4.98 Å². The van der Waals surface area contributed by atoms with Crippen LogP contribution in [0.15, 0.2) is 156 Å². The minimum absolute atomic E-state index is 0.817. The molecular weight excluding hydrogens is 478 g/mol. The lowest BCUT2D eigenvalue weighted by molar-refractivity contribution is 0.668. The molecule has 2 nitrogen and oxygen atoms in total. The van der Waals surface area contributed by atoms with Crippen molar-refractivity contribution in [3.8, 4) is 11.1 Å². The third-order valence-electron chi connectivity index (χ3n) is 7.47. The van der Waals surface area contributed by atoms with Gasteiger partial charge < -0.3 is 4.42 Å². The number of fused-ring (bicyclic) bond motifs is 3. The van der Waals surface area contributed by atoms with Crippen LogP contribution in [0.3, 0.4) is 0 Å². The van der Waals surface area contributed by atoms with Crippen LogP contribution in [-0.4, -0.2) is 13.1 Å². The van der Waals surface area contributed by atoms with E-state index in [-0.39, 0.29) is 0 Å². The van der Waals surface area contributed by atoms with E-state index in [4.69, 9.17) is 4.42 Å². The summed E-state index contributed by atoms with van der Waals surface area (Å²) in [7, 11) is -2.58. The van der Waals surface area contributed by atoms with Gasteiger partial charge in [0.1, 0.15) is 11.1 Å². The second-order valence-corrected chi connectivity index (χ2v) is 13.4. The highest BCUT2D eigenvalue weighted by molar-refractivity contribution is 7.19. The number of pyridine rings is 1. The molecule has 0 aliphatic heterocycles. The third-order valence-corrected chi connectivity index (χ3v) is 12.2. The lowest BCUT2D eigenvalue weighted by Gasteiger charge is -2.34. The van der Waals surface area contributed by atoms with E-state index < -0.39 is 8.07 Å². The Hall–Kier alpha value is -4.73. The first-order valence-corrected chi connectivity index (χ1v) is 14.9. The summed E-state index contributed by atoms with van der Waals surface area (Å²) in [6, 6.07) is 52.5. The fourth-order valence-corrected chi connectivity index (χ4v) is 10.6. The van der Waals surface area contributed by atoms with Gasteiger partial charge in [0.15, 0.2) is 13.7 Å². The molecule has 0 atom stereocenters. The molecule has 7 rings (SSSR count). The predicted molar refractivity (Wildman–Crippen MR) is 161 cm³/mol. The molecule has 2 aromatic heterocycles. The van der Waals surface area contributed by atoms with Gasteiger partial charge in [0.2, 0.25) is 0 Å². The second-order valence-electron chi connectivity index (χ2n) is 9.59. The average molecular weight is 504 g/mol. The fourth-order valence-electron chi connectivity index (χ4n) is 5.77. The van der Waals surface area contributed by atoms with Crippen LogP contribution < -0.4 is 20.7 Å². The van der Waals surface area contributed by atoms with E-state index in [1.54, 1.807) is 0 Å². The molecule has 0 bridgehead atoms. The number of benzene rings is 5. The summed E-state index contributed by atoms with van der Waals surface area (Å²) >= 11 is 0. The molecule has 0 unspecified atom stereocenters. The van der Waals surface area contributed by atoms with Crippen molar-refractivity contribution in [2.45, 2.75) is 0 Å². The minimum Gasteiger partial charge on any atom is -0.454 e. The molecule has 0 aliphatic rings. The monoisotopic (exact) mass is 503 g/mol. The SMILES string of the molecule is c1ccc([Si](c2ccccc2)(c2ccccc2)c2cccc(-c3ccc4oc5cccnc5c4c3)c2)cc1. The molecule has 0 saturated carbocycles. The molecule has 0 spiro atoms. The Morgan fingerprint density at radius 1 is 0.447 bits per heavy atom. The summed E-state index contributed by atoms with van der Waals surface area (Å²) in [4.78, 5) is 4.59. The third kappa shape index (κ3) is 3.59. The van der Waals surface area contributed by atoms with Gasteiger partial charge >= 0.3 is 0 Å². The van der Waals surface area contributed by atoms with Crippen LogP contribution in [0.2, 0.25) is 0 Å². The highest BCUT2D eigenvalue weighted by Crippen LogP contribution is 2.31. The number of rotatable bonds is 5. The van der Waals surface area contributed by atoms with Gasteiger partial charge in [0.25, 0.3) is 0 Å². The van der Waals surface area contributed by atoms with Crippen LogP contribution in [-0.2, 0) is 0 Å². The Kier molecular flexibility index (Phi) is 5.49. The normalized spacial score (nSPS) is 11.7. The van der Waals surface area contributed by atoms with Crippen LogP contribution in [0.5, 0.6) is 0 Å². The van der Waals surface area contributed by atoms with Gasteiger partial charge in [-0.3, -0.25) is 4.98 Å². The van der Waals surface area contributed by atoms with E-state index in [9.17, 15) is 0 Å². The summed E-state index contributed by atoms with van der Waals surface area (Å²) in [5.74, 6) is 0. The molecule has 2 heterocycles. The number of furan rings is 1. The van der Waals surface area contributed by atoms with Crippen LogP contribution in [0.25, 0.3) is 33.2 Å². The zero-order chi connectivity index (χ0) is 25.4. The number of aromatic nitrogens is 1. The summed E-state index contributed by atoms with van der Waals surface area (Å²) in [6.07, 6.45) is 1.82. The van der Waals surface area contributed by atoms with E-state index in [1.165, 1.54) is 26.3 Å². The van der Waals surface area contributed by atoms with Gasteiger partial charge in [-0.1, -0.05) is 121 Å². The first-order valence-electron chi connectivity index (χ1n) is 12.9. The van der Waals surface area contributed by atoms with Crippen LogP contribution in [0, 0.1) is 0 Å². The average Bonchev–Trinajstić information content (AvgIpc) is 3.38. The Morgan fingerprint density at radius 2 is 1.03 bits per heavy atom. The molecule has 0 amide bonds. The van der Waals surface area contributed by atoms with Gasteiger partial charge in [-0.2, -0.15) is 0 Å².